The number of methoxy groups -OCH3 is 1. The molecule has 0 radical (unpaired) electrons. The van der Waals surface area contributed by atoms with E-state index in [0.29, 0.717) is 30.1 Å². The fourth-order valence-corrected chi connectivity index (χ4v) is 6.26. The average Bonchev–Trinajstić information content (AvgIpc) is 3.32. The summed E-state index contributed by atoms with van der Waals surface area (Å²) in [7, 11) is 3.61. The molecule has 2 aromatic heterocycles. The van der Waals surface area contributed by atoms with Gasteiger partial charge in [-0.05, 0) is 86.9 Å². The van der Waals surface area contributed by atoms with Crippen LogP contribution >= 0.6 is 11.8 Å². The standard InChI is InChI=1S/C28H37FN4O3S/c1-32-19-30-17-27(32)37-15-3-13-33-14-11-20(21(18-33)5-9-28(34)35)4-7-25(29)23-10-12-31-26-8-6-22(36-2)16-24(23)26/h6,8,10,12,16-17,19-21,25H,3-5,7,9,11,13-15,18H2,1-2H3,(H,34,35)/t20-,21-,25-/m1/s1. The van der Waals surface area contributed by atoms with Crippen molar-refractivity contribution in [3.8, 4) is 5.75 Å². The van der Waals surface area contributed by atoms with Crippen LogP contribution in [0.4, 0.5) is 4.39 Å². The lowest BCUT2D eigenvalue weighted by atomic mass is 9.79. The summed E-state index contributed by atoms with van der Waals surface area (Å²) in [6, 6.07) is 7.31. The zero-order chi connectivity index (χ0) is 26.2. The molecule has 0 saturated carbocycles. The number of piperidine rings is 1. The third-order valence-corrected chi connectivity index (χ3v) is 8.64. The van der Waals surface area contributed by atoms with Gasteiger partial charge in [0.25, 0.3) is 0 Å². The maximum atomic E-state index is 15.5. The fourth-order valence-electron chi connectivity index (χ4n) is 5.39. The predicted molar refractivity (Wildman–Crippen MR) is 145 cm³/mol. The van der Waals surface area contributed by atoms with Gasteiger partial charge >= 0.3 is 5.97 Å². The molecule has 1 aliphatic rings. The summed E-state index contributed by atoms with van der Waals surface area (Å²) in [5.41, 5.74) is 1.41. The van der Waals surface area contributed by atoms with E-state index < -0.39 is 12.1 Å². The fraction of sp³-hybridized carbons (Fsp3) is 0.536. The second kappa shape index (κ2) is 13.2. The van der Waals surface area contributed by atoms with Crippen molar-refractivity contribution in [2.75, 3.05) is 32.5 Å². The number of benzene rings is 1. The molecule has 1 aliphatic heterocycles. The Hall–Kier alpha value is -2.65. The molecule has 9 heteroatoms. The monoisotopic (exact) mass is 528 g/mol. The van der Waals surface area contributed by atoms with Gasteiger partial charge < -0.3 is 19.3 Å². The first kappa shape index (κ1) is 27.4. The number of carboxylic acid groups (broad SMARTS) is 1. The van der Waals surface area contributed by atoms with Crippen LogP contribution in [-0.2, 0) is 11.8 Å². The average molecular weight is 529 g/mol. The number of carboxylic acids is 1. The molecule has 1 fully saturated rings. The van der Waals surface area contributed by atoms with Crippen molar-refractivity contribution in [1.82, 2.24) is 19.4 Å². The van der Waals surface area contributed by atoms with Crippen LogP contribution in [0.3, 0.4) is 0 Å². The van der Waals surface area contributed by atoms with Gasteiger partial charge in [-0.25, -0.2) is 9.37 Å². The van der Waals surface area contributed by atoms with E-state index in [4.69, 9.17) is 4.74 Å². The van der Waals surface area contributed by atoms with Gasteiger partial charge in [0.05, 0.1) is 30.2 Å². The Morgan fingerprint density at radius 3 is 2.92 bits per heavy atom. The van der Waals surface area contributed by atoms with Crippen molar-refractivity contribution >= 4 is 28.6 Å². The summed E-state index contributed by atoms with van der Waals surface area (Å²) in [4.78, 5) is 22.3. The van der Waals surface area contributed by atoms with Crippen LogP contribution in [0.1, 0.15) is 50.3 Å². The Balaban J connectivity index is 1.32. The molecule has 3 atom stereocenters. The summed E-state index contributed by atoms with van der Waals surface area (Å²) < 4.78 is 22.9. The molecule has 0 amide bonds. The molecule has 3 heterocycles. The van der Waals surface area contributed by atoms with E-state index in [-0.39, 0.29) is 12.3 Å². The van der Waals surface area contributed by atoms with Crippen molar-refractivity contribution in [2.45, 2.75) is 49.7 Å². The number of alkyl halides is 1. The van der Waals surface area contributed by atoms with Crippen molar-refractivity contribution in [3.63, 3.8) is 0 Å². The molecule has 37 heavy (non-hydrogen) atoms. The largest absolute Gasteiger partial charge is 0.497 e. The summed E-state index contributed by atoms with van der Waals surface area (Å²) in [5, 5.41) is 11.2. The molecule has 1 saturated heterocycles. The number of hydrogen-bond acceptors (Lipinski definition) is 6. The number of rotatable bonds is 13. The van der Waals surface area contributed by atoms with Crippen LogP contribution in [0, 0.1) is 11.8 Å². The van der Waals surface area contributed by atoms with Crippen molar-refractivity contribution in [2.24, 2.45) is 18.9 Å². The molecule has 0 spiro atoms. The van der Waals surface area contributed by atoms with Gasteiger partial charge in [0.15, 0.2) is 0 Å². The van der Waals surface area contributed by atoms with Crippen LogP contribution in [0.5, 0.6) is 5.75 Å². The second-order valence-corrected chi connectivity index (χ2v) is 11.0. The summed E-state index contributed by atoms with van der Waals surface area (Å²) in [6.45, 7) is 2.87. The number of halogens is 1. The molecule has 1 N–H and O–H groups in total. The highest BCUT2D eigenvalue weighted by Gasteiger charge is 2.30. The highest BCUT2D eigenvalue weighted by molar-refractivity contribution is 7.99. The van der Waals surface area contributed by atoms with Crippen molar-refractivity contribution < 1.29 is 19.0 Å². The third-order valence-electron chi connectivity index (χ3n) is 7.46. The Labute approximate surface area is 222 Å². The number of nitrogens with zero attached hydrogens (tertiary/aromatic N) is 4. The van der Waals surface area contributed by atoms with Gasteiger partial charge in [0.1, 0.15) is 11.9 Å². The van der Waals surface area contributed by atoms with Gasteiger partial charge in [-0.1, -0.05) is 0 Å². The number of likely N-dealkylation sites (tertiary alicyclic amines) is 1. The first-order chi connectivity index (χ1) is 17.9. The van der Waals surface area contributed by atoms with E-state index in [1.807, 2.05) is 54.1 Å². The van der Waals surface area contributed by atoms with Crippen molar-refractivity contribution in [3.05, 3.63) is 48.5 Å². The number of thioether (sulfide) groups is 1. The minimum atomic E-state index is -1.10. The van der Waals surface area contributed by atoms with Crippen molar-refractivity contribution in [1.29, 1.82) is 0 Å². The number of carbonyl (C=O) groups is 1. The number of ether oxygens (including phenoxy) is 1. The molecule has 200 valence electrons. The minimum absolute atomic E-state index is 0.166. The summed E-state index contributed by atoms with van der Waals surface area (Å²) >= 11 is 1.81. The zero-order valence-corrected chi connectivity index (χ0v) is 22.5. The van der Waals surface area contributed by atoms with E-state index in [1.165, 1.54) is 5.03 Å². The third kappa shape index (κ3) is 7.45. The summed E-state index contributed by atoms with van der Waals surface area (Å²) in [6.07, 6.45) is 8.31. The maximum Gasteiger partial charge on any atom is 0.303 e. The number of hydrogen-bond donors (Lipinski definition) is 1. The molecular weight excluding hydrogens is 491 g/mol. The lowest BCUT2D eigenvalue weighted by molar-refractivity contribution is -0.137. The highest BCUT2D eigenvalue weighted by atomic mass is 32.2. The number of aromatic nitrogens is 3. The van der Waals surface area contributed by atoms with E-state index in [9.17, 15) is 9.90 Å². The number of fused-ring (bicyclic) bond motifs is 1. The molecule has 0 bridgehead atoms. The molecular formula is C28H37FN4O3S. The normalized spacial score (nSPS) is 19.2. The van der Waals surface area contributed by atoms with Crippen LogP contribution in [0.25, 0.3) is 10.9 Å². The zero-order valence-electron chi connectivity index (χ0n) is 21.7. The van der Waals surface area contributed by atoms with E-state index in [0.717, 1.165) is 55.6 Å². The Kier molecular flexibility index (Phi) is 9.80. The van der Waals surface area contributed by atoms with Gasteiger partial charge in [-0.15, -0.1) is 11.8 Å². The Morgan fingerprint density at radius 2 is 2.16 bits per heavy atom. The van der Waals surface area contributed by atoms with Gasteiger partial charge in [0, 0.05) is 37.3 Å². The SMILES string of the molecule is COc1ccc2nccc([C@H](F)CC[C@@H]3CCN(CCCSc4cncn4C)C[C@H]3CCC(=O)O)c2c1. The Bertz CT molecular complexity index is 1170. The van der Waals surface area contributed by atoms with Crippen LogP contribution < -0.4 is 4.74 Å². The smallest absolute Gasteiger partial charge is 0.303 e. The van der Waals surface area contributed by atoms with Gasteiger partial charge in [-0.2, -0.15) is 0 Å². The topological polar surface area (TPSA) is 80.5 Å². The molecule has 0 unspecified atom stereocenters. The first-order valence-electron chi connectivity index (χ1n) is 13.0. The lowest BCUT2D eigenvalue weighted by Crippen LogP contribution is -2.41. The first-order valence-corrected chi connectivity index (χ1v) is 14.0. The Morgan fingerprint density at radius 1 is 1.30 bits per heavy atom. The maximum absolute atomic E-state index is 15.5. The second-order valence-electron chi connectivity index (χ2n) is 9.91. The summed E-state index contributed by atoms with van der Waals surface area (Å²) in [5.74, 6) is 1.56. The number of imidazole rings is 1. The van der Waals surface area contributed by atoms with Crippen LogP contribution in [0.15, 0.2) is 48.0 Å². The molecule has 0 aliphatic carbocycles. The quantitative estimate of drug-likeness (QED) is 0.223. The van der Waals surface area contributed by atoms with Gasteiger partial charge in [0.2, 0.25) is 0 Å². The van der Waals surface area contributed by atoms with Crippen LogP contribution in [0.2, 0.25) is 0 Å². The molecule has 7 nitrogen and oxygen atoms in total. The lowest BCUT2D eigenvalue weighted by Gasteiger charge is -2.39. The number of pyridine rings is 1. The molecule has 3 aromatic rings. The highest BCUT2D eigenvalue weighted by Crippen LogP contribution is 2.36. The minimum Gasteiger partial charge on any atom is -0.497 e. The number of aryl methyl sites for hydroxylation is 1. The predicted octanol–water partition coefficient (Wildman–Crippen LogP) is 5.75. The molecule has 1 aromatic carbocycles. The number of aliphatic carboxylic acids is 1. The van der Waals surface area contributed by atoms with Gasteiger partial charge in [-0.3, -0.25) is 9.78 Å². The van der Waals surface area contributed by atoms with E-state index in [2.05, 4.69) is 14.9 Å². The van der Waals surface area contributed by atoms with Crippen LogP contribution in [-0.4, -0.2) is 63.0 Å². The van der Waals surface area contributed by atoms with E-state index in [1.54, 1.807) is 19.4 Å². The molecule has 4 rings (SSSR count). The van der Waals surface area contributed by atoms with E-state index >= 15 is 4.39 Å².